The zero-order valence-electron chi connectivity index (χ0n) is 18.1. The second kappa shape index (κ2) is 11.3. The van der Waals surface area contributed by atoms with Crippen molar-refractivity contribution >= 4 is 29.3 Å². The Morgan fingerprint density at radius 2 is 1.97 bits per heavy atom. The largest absolute Gasteiger partial charge is 0.491 e. The van der Waals surface area contributed by atoms with Crippen molar-refractivity contribution in [1.29, 1.82) is 0 Å². The lowest BCUT2D eigenvalue weighted by atomic mass is 10.1. The molecule has 1 fully saturated rings. The molecule has 2 amide bonds. The summed E-state index contributed by atoms with van der Waals surface area (Å²) in [5.74, 6) is 0.194. The van der Waals surface area contributed by atoms with Crippen LogP contribution in [0, 0.1) is 0 Å². The van der Waals surface area contributed by atoms with Gasteiger partial charge in [-0.2, -0.15) is 4.99 Å². The fourth-order valence-electron chi connectivity index (χ4n) is 2.93. The van der Waals surface area contributed by atoms with Crippen molar-refractivity contribution in [3.63, 3.8) is 0 Å². The Morgan fingerprint density at radius 1 is 1.21 bits per heavy atom. The molecule has 0 spiro atoms. The van der Waals surface area contributed by atoms with E-state index in [0.29, 0.717) is 17.1 Å². The summed E-state index contributed by atoms with van der Waals surface area (Å²) in [5, 5.41) is 12.1. The second-order valence-corrected chi connectivity index (χ2v) is 7.53. The third-order valence-corrected chi connectivity index (χ3v) is 4.98. The Bertz CT molecular complexity index is 1080. The number of rotatable bonds is 9. The summed E-state index contributed by atoms with van der Waals surface area (Å²) < 4.78 is 11.3. The minimum absolute atomic E-state index is 0.0176. The number of carbonyl (C=O) groups is 2. The number of nitrogens with one attached hydrogen (secondary N) is 1. The highest BCUT2D eigenvalue weighted by atomic mass is 35.5. The molecule has 0 radical (unpaired) electrons. The number of amidine groups is 1. The molecule has 1 saturated heterocycles. The Morgan fingerprint density at radius 3 is 2.61 bits per heavy atom. The lowest BCUT2D eigenvalue weighted by Crippen LogP contribution is -2.41. The summed E-state index contributed by atoms with van der Waals surface area (Å²) >= 11 is 6.35. The predicted molar refractivity (Wildman–Crippen MR) is 125 cm³/mol. The number of amides is 2. The molecule has 174 valence electrons. The number of aliphatic imine (C=N–C) groups is 1. The molecular formula is C23H25ClN4O5. The van der Waals surface area contributed by atoms with Crippen LogP contribution in [0.2, 0.25) is 5.02 Å². The van der Waals surface area contributed by atoms with Gasteiger partial charge in [0.05, 0.1) is 11.6 Å². The average molecular weight is 473 g/mol. The van der Waals surface area contributed by atoms with E-state index in [1.807, 2.05) is 0 Å². The van der Waals surface area contributed by atoms with Crippen LogP contribution in [-0.2, 0) is 0 Å². The number of aliphatic hydroxyl groups is 1. The first-order valence-electron chi connectivity index (χ1n) is 10.3. The fourth-order valence-corrected chi connectivity index (χ4v) is 3.15. The van der Waals surface area contributed by atoms with Crippen molar-refractivity contribution in [3.8, 4) is 17.2 Å². The molecule has 0 aromatic heterocycles. The van der Waals surface area contributed by atoms with Gasteiger partial charge in [-0.15, -0.1) is 0 Å². The minimum atomic E-state index is -0.603. The summed E-state index contributed by atoms with van der Waals surface area (Å²) in [7, 11) is 1.69. The number of carbonyl (C=O) groups excluding carboxylic acids is 2. The molecule has 2 aromatic rings. The monoisotopic (exact) mass is 472 g/mol. The average Bonchev–Trinajstić information content (AvgIpc) is 2.76. The van der Waals surface area contributed by atoms with E-state index in [-0.39, 0.29) is 41.3 Å². The molecule has 1 aliphatic heterocycles. The van der Waals surface area contributed by atoms with Gasteiger partial charge in [0.25, 0.3) is 11.8 Å². The Labute approximate surface area is 196 Å². The predicted octanol–water partition coefficient (Wildman–Crippen LogP) is 2.58. The van der Waals surface area contributed by atoms with E-state index < -0.39 is 5.91 Å². The molecule has 33 heavy (non-hydrogen) atoms. The molecule has 10 heteroatoms. The molecule has 4 N–H and O–H groups in total. The van der Waals surface area contributed by atoms with Crippen molar-refractivity contribution in [2.75, 3.05) is 33.4 Å². The van der Waals surface area contributed by atoms with Gasteiger partial charge in [-0.05, 0) is 49.0 Å². The zero-order chi connectivity index (χ0) is 23.8. The van der Waals surface area contributed by atoms with Crippen LogP contribution in [0.15, 0.2) is 53.7 Å². The molecule has 0 unspecified atom stereocenters. The summed E-state index contributed by atoms with van der Waals surface area (Å²) in [6.45, 7) is 1.31. The van der Waals surface area contributed by atoms with Crippen molar-refractivity contribution in [3.05, 3.63) is 64.8 Å². The fraction of sp³-hybridized carbons (Fsp3) is 0.261. The Balaban J connectivity index is 1.85. The van der Waals surface area contributed by atoms with Gasteiger partial charge in [0.2, 0.25) is 0 Å². The van der Waals surface area contributed by atoms with Crippen LogP contribution in [0.1, 0.15) is 27.1 Å². The summed E-state index contributed by atoms with van der Waals surface area (Å²) in [6, 6.07) is 9.28. The van der Waals surface area contributed by atoms with Gasteiger partial charge < -0.3 is 30.5 Å². The molecule has 0 bridgehead atoms. The third kappa shape index (κ3) is 6.47. The first-order chi connectivity index (χ1) is 15.9. The van der Waals surface area contributed by atoms with E-state index in [1.54, 1.807) is 42.4 Å². The molecule has 0 atom stereocenters. The number of aliphatic hydroxyl groups excluding tert-OH is 1. The van der Waals surface area contributed by atoms with Crippen LogP contribution >= 0.6 is 11.6 Å². The van der Waals surface area contributed by atoms with Crippen LogP contribution in [0.4, 0.5) is 0 Å². The lowest BCUT2D eigenvalue weighted by molar-refractivity contribution is 0.0651. The topological polar surface area (TPSA) is 126 Å². The number of halogens is 1. The number of benzene rings is 2. The van der Waals surface area contributed by atoms with E-state index in [2.05, 4.69) is 10.3 Å². The first kappa shape index (κ1) is 24.1. The number of nitrogens with zero attached hydrogens (tertiary/aromatic N) is 2. The maximum absolute atomic E-state index is 12.6. The third-order valence-electron chi connectivity index (χ3n) is 4.69. The molecule has 0 saturated carbocycles. The molecule has 2 aromatic carbocycles. The van der Waals surface area contributed by atoms with E-state index in [4.69, 9.17) is 31.9 Å². The van der Waals surface area contributed by atoms with Crippen LogP contribution in [0.5, 0.6) is 17.2 Å². The van der Waals surface area contributed by atoms with Crippen molar-refractivity contribution in [2.24, 2.45) is 10.7 Å². The van der Waals surface area contributed by atoms with E-state index in [1.165, 1.54) is 18.2 Å². The van der Waals surface area contributed by atoms with Crippen LogP contribution in [0.3, 0.4) is 0 Å². The van der Waals surface area contributed by atoms with Crippen molar-refractivity contribution < 1.29 is 24.2 Å². The van der Waals surface area contributed by atoms with Gasteiger partial charge in [0.15, 0.2) is 0 Å². The zero-order valence-corrected chi connectivity index (χ0v) is 18.8. The summed E-state index contributed by atoms with van der Waals surface area (Å²) in [4.78, 5) is 30.5. The number of hydrogen-bond acceptors (Lipinski definition) is 6. The van der Waals surface area contributed by atoms with Gasteiger partial charge in [0, 0.05) is 37.3 Å². The number of likely N-dealkylation sites (tertiary alicyclic amines) is 1. The standard InChI is InChI=1S/C23H25ClN4O5/c1-26-6-5-21(25)27-22(30)16-11-17(32-10-9-29)14-18(12-16)33-20-4-3-15(13-19(20)24)23(31)28-7-2-8-28/h3-6,11-14,26,29H,2,7-10H2,1H3,(H2,25,27,30)/b6-5-. The smallest absolute Gasteiger partial charge is 0.279 e. The number of hydrogen-bond donors (Lipinski definition) is 3. The summed E-state index contributed by atoms with van der Waals surface area (Å²) in [6.07, 6.45) is 3.99. The molecule has 1 heterocycles. The molecule has 3 rings (SSSR count). The first-order valence-corrected chi connectivity index (χ1v) is 10.7. The van der Waals surface area contributed by atoms with E-state index in [9.17, 15) is 9.59 Å². The normalized spacial score (nSPS) is 13.5. The highest BCUT2D eigenvalue weighted by molar-refractivity contribution is 6.32. The summed E-state index contributed by atoms with van der Waals surface area (Å²) in [5.41, 5.74) is 6.37. The van der Waals surface area contributed by atoms with Gasteiger partial charge in [-0.1, -0.05) is 11.6 Å². The lowest BCUT2D eigenvalue weighted by Gasteiger charge is -2.31. The maximum atomic E-state index is 12.6. The van der Waals surface area contributed by atoms with E-state index >= 15 is 0 Å². The molecule has 0 aliphatic carbocycles. The van der Waals surface area contributed by atoms with E-state index in [0.717, 1.165) is 19.5 Å². The Hall–Kier alpha value is -3.56. The highest BCUT2D eigenvalue weighted by Crippen LogP contribution is 2.33. The minimum Gasteiger partial charge on any atom is -0.491 e. The number of ether oxygens (including phenoxy) is 2. The SMILES string of the molecule is CN/C=C\C(N)=NC(=O)c1cc(OCCO)cc(Oc2ccc(C(=O)N3CCC3)cc2Cl)c1. The van der Waals surface area contributed by atoms with Gasteiger partial charge in [-0.3, -0.25) is 9.59 Å². The quantitative estimate of drug-likeness (QED) is 0.378. The van der Waals surface area contributed by atoms with Gasteiger partial charge in [0.1, 0.15) is 29.7 Å². The van der Waals surface area contributed by atoms with Crippen molar-refractivity contribution in [2.45, 2.75) is 6.42 Å². The second-order valence-electron chi connectivity index (χ2n) is 7.12. The molecule has 1 aliphatic rings. The molecule has 9 nitrogen and oxygen atoms in total. The van der Waals surface area contributed by atoms with Gasteiger partial charge >= 0.3 is 0 Å². The Kier molecular flexibility index (Phi) is 8.28. The number of nitrogens with two attached hydrogens (primary N) is 1. The maximum Gasteiger partial charge on any atom is 0.279 e. The molecular weight excluding hydrogens is 448 g/mol. The van der Waals surface area contributed by atoms with Gasteiger partial charge in [-0.25, -0.2) is 0 Å². The highest BCUT2D eigenvalue weighted by Gasteiger charge is 2.22. The van der Waals surface area contributed by atoms with Crippen LogP contribution < -0.4 is 20.5 Å². The van der Waals surface area contributed by atoms with Crippen LogP contribution in [0.25, 0.3) is 0 Å². The van der Waals surface area contributed by atoms with Crippen LogP contribution in [-0.4, -0.2) is 61.0 Å². The van der Waals surface area contributed by atoms with Crippen molar-refractivity contribution in [1.82, 2.24) is 10.2 Å².